The fourth-order valence-electron chi connectivity index (χ4n) is 4.45. The molecular weight excluding hydrogens is 486 g/mol. The Morgan fingerprint density at radius 2 is 1.11 bits per heavy atom. The topological polar surface area (TPSA) is 188 Å². The molecule has 1 aromatic carbocycles. The molecule has 13 nitrogen and oxygen atoms in total. The number of nitrogen functional groups attached to an aromatic ring is 1. The second-order valence-electron chi connectivity index (χ2n) is 9.27. The molecule has 2 rings (SSSR count). The number of aryl methyl sites for hydroxylation is 1. The first kappa shape index (κ1) is 30.0. The first-order chi connectivity index (χ1) is 17.5. The minimum Gasteiger partial charge on any atom is -0.480 e. The summed E-state index contributed by atoms with van der Waals surface area (Å²) in [4.78, 5) is 52.9. The minimum absolute atomic E-state index is 0.256. The van der Waals surface area contributed by atoms with Crippen molar-refractivity contribution < 1.29 is 39.6 Å². The van der Waals surface area contributed by atoms with Crippen molar-refractivity contribution in [2.24, 2.45) is 0 Å². The van der Waals surface area contributed by atoms with Gasteiger partial charge in [0, 0.05) is 57.5 Å². The molecule has 37 heavy (non-hydrogen) atoms. The normalized spacial score (nSPS) is 19.5. The van der Waals surface area contributed by atoms with Gasteiger partial charge in [-0.15, -0.1) is 0 Å². The van der Waals surface area contributed by atoms with Crippen molar-refractivity contribution in [2.75, 3.05) is 77.7 Å². The summed E-state index contributed by atoms with van der Waals surface area (Å²) in [5.74, 6) is -4.14. The number of hydrogen-bond acceptors (Lipinski definition) is 9. The number of benzene rings is 1. The Bertz CT molecular complexity index is 913. The van der Waals surface area contributed by atoms with Crippen molar-refractivity contribution >= 4 is 29.6 Å². The average Bonchev–Trinajstić information content (AvgIpc) is 2.79. The van der Waals surface area contributed by atoms with Crippen molar-refractivity contribution in [1.82, 2.24) is 19.6 Å². The molecule has 0 aromatic heterocycles. The molecule has 0 radical (unpaired) electrons. The molecule has 0 amide bonds. The molecule has 0 bridgehead atoms. The molecule has 1 heterocycles. The van der Waals surface area contributed by atoms with Gasteiger partial charge in [-0.2, -0.15) is 0 Å². The van der Waals surface area contributed by atoms with Crippen LogP contribution in [0.4, 0.5) is 5.69 Å². The van der Waals surface area contributed by atoms with Crippen LogP contribution in [-0.2, 0) is 25.6 Å². The van der Waals surface area contributed by atoms with Crippen molar-refractivity contribution in [3.63, 3.8) is 0 Å². The fourth-order valence-corrected chi connectivity index (χ4v) is 4.45. The van der Waals surface area contributed by atoms with E-state index < -0.39 is 23.9 Å². The highest BCUT2D eigenvalue weighted by atomic mass is 16.4. The standard InChI is InChI=1S/C24H37N5O8/c25-19-4-1-18(2-5-19)3-6-20-13-28(16-23(34)35)10-9-26(14-21(30)31)7-8-27(15-22(32)33)11-12-29(20)17-24(36)37/h1-2,4-5,20H,3,6-17,25H2,(H,30,31)(H,32,33)(H,34,35)(H,36,37). The van der Waals surface area contributed by atoms with Gasteiger partial charge in [0.25, 0.3) is 0 Å². The maximum Gasteiger partial charge on any atom is 0.317 e. The molecule has 0 aliphatic carbocycles. The Morgan fingerprint density at radius 1 is 0.676 bits per heavy atom. The van der Waals surface area contributed by atoms with Crippen LogP contribution in [0, 0.1) is 0 Å². The molecular formula is C24H37N5O8. The van der Waals surface area contributed by atoms with Gasteiger partial charge in [-0.1, -0.05) is 12.1 Å². The number of aliphatic carboxylic acids is 4. The molecule has 6 N–H and O–H groups in total. The molecule has 1 aliphatic heterocycles. The molecule has 206 valence electrons. The molecule has 0 saturated carbocycles. The van der Waals surface area contributed by atoms with Gasteiger partial charge in [-0.05, 0) is 30.5 Å². The van der Waals surface area contributed by atoms with Crippen LogP contribution >= 0.6 is 0 Å². The summed E-state index contributed by atoms with van der Waals surface area (Å²) in [5.41, 5.74) is 7.40. The average molecular weight is 524 g/mol. The van der Waals surface area contributed by atoms with E-state index >= 15 is 0 Å². The molecule has 1 aromatic rings. The van der Waals surface area contributed by atoms with Crippen LogP contribution in [0.25, 0.3) is 0 Å². The Labute approximate surface area is 215 Å². The van der Waals surface area contributed by atoms with Gasteiger partial charge >= 0.3 is 23.9 Å². The van der Waals surface area contributed by atoms with E-state index in [0.717, 1.165) is 5.56 Å². The molecule has 1 atom stereocenters. The number of anilines is 1. The number of rotatable bonds is 11. The maximum atomic E-state index is 11.7. The lowest BCUT2D eigenvalue weighted by Gasteiger charge is -2.37. The Hall–Kier alpha value is -3.26. The van der Waals surface area contributed by atoms with E-state index in [-0.39, 0.29) is 78.0 Å². The Morgan fingerprint density at radius 3 is 1.59 bits per heavy atom. The van der Waals surface area contributed by atoms with Gasteiger partial charge in [-0.25, -0.2) is 0 Å². The zero-order valence-corrected chi connectivity index (χ0v) is 20.9. The summed E-state index contributed by atoms with van der Waals surface area (Å²) in [6, 6.07) is 7.00. The van der Waals surface area contributed by atoms with E-state index in [1.54, 1.807) is 31.7 Å². The van der Waals surface area contributed by atoms with Crippen LogP contribution in [0.5, 0.6) is 0 Å². The SMILES string of the molecule is Nc1ccc(CCC2CN(CC(=O)O)CCN(CC(=O)O)CCN(CC(=O)O)CCN2CC(=O)O)cc1. The highest BCUT2D eigenvalue weighted by Gasteiger charge is 2.27. The van der Waals surface area contributed by atoms with Crippen molar-refractivity contribution in [2.45, 2.75) is 18.9 Å². The predicted octanol–water partition coefficient (Wildman–Crippen LogP) is -0.870. The van der Waals surface area contributed by atoms with Crippen LogP contribution in [0.1, 0.15) is 12.0 Å². The van der Waals surface area contributed by atoms with Crippen molar-refractivity contribution in [3.05, 3.63) is 29.8 Å². The van der Waals surface area contributed by atoms with Gasteiger partial charge in [0.1, 0.15) is 0 Å². The second kappa shape index (κ2) is 15.1. The van der Waals surface area contributed by atoms with Gasteiger partial charge in [0.2, 0.25) is 0 Å². The minimum atomic E-state index is -1.04. The number of hydrogen-bond donors (Lipinski definition) is 5. The van der Waals surface area contributed by atoms with Crippen LogP contribution in [-0.4, -0.2) is 142 Å². The predicted molar refractivity (Wildman–Crippen MR) is 134 cm³/mol. The summed E-state index contributed by atoms with van der Waals surface area (Å²) in [6.07, 6.45) is 1.14. The van der Waals surface area contributed by atoms with Gasteiger partial charge in [-0.3, -0.25) is 38.8 Å². The zero-order chi connectivity index (χ0) is 27.4. The number of nitrogens with zero attached hydrogens (tertiary/aromatic N) is 4. The monoisotopic (exact) mass is 523 g/mol. The zero-order valence-electron chi connectivity index (χ0n) is 20.9. The van der Waals surface area contributed by atoms with E-state index in [1.807, 2.05) is 12.1 Å². The van der Waals surface area contributed by atoms with E-state index in [2.05, 4.69) is 0 Å². The number of carboxylic acids is 4. The quantitative estimate of drug-likeness (QED) is 0.225. The Kier molecular flexibility index (Phi) is 12.2. The summed E-state index contributed by atoms with van der Waals surface area (Å²) < 4.78 is 0. The number of carboxylic acid groups (broad SMARTS) is 4. The summed E-state index contributed by atoms with van der Waals surface area (Å²) in [7, 11) is 0. The lowest BCUT2D eigenvalue weighted by Crippen LogP contribution is -2.53. The smallest absolute Gasteiger partial charge is 0.317 e. The maximum absolute atomic E-state index is 11.7. The third-order valence-corrected chi connectivity index (χ3v) is 6.31. The lowest BCUT2D eigenvalue weighted by atomic mass is 10.0. The summed E-state index contributed by atoms with van der Waals surface area (Å²) in [6.45, 7) is 0.788. The second-order valence-corrected chi connectivity index (χ2v) is 9.27. The van der Waals surface area contributed by atoms with Crippen LogP contribution in [0.3, 0.4) is 0 Å². The fraction of sp³-hybridized carbons (Fsp3) is 0.583. The Balaban J connectivity index is 2.33. The van der Waals surface area contributed by atoms with Crippen molar-refractivity contribution in [1.29, 1.82) is 0 Å². The highest BCUT2D eigenvalue weighted by molar-refractivity contribution is 5.70. The molecule has 0 spiro atoms. The van der Waals surface area contributed by atoms with Crippen LogP contribution in [0.2, 0.25) is 0 Å². The molecule has 13 heteroatoms. The van der Waals surface area contributed by atoms with Gasteiger partial charge < -0.3 is 26.2 Å². The van der Waals surface area contributed by atoms with E-state index in [4.69, 9.17) is 5.73 Å². The van der Waals surface area contributed by atoms with Crippen LogP contribution in [0.15, 0.2) is 24.3 Å². The number of nitrogens with two attached hydrogens (primary N) is 1. The molecule has 1 unspecified atom stereocenters. The third-order valence-electron chi connectivity index (χ3n) is 6.31. The number of carbonyl (C=O) groups is 4. The molecule has 1 fully saturated rings. The summed E-state index contributed by atoms with van der Waals surface area (Å²) >= 11 is 0. The lowest BCUT2D eigenvalue weighted by molar-refractivity contribution is -0.142. The first-order valence-electron chi connectivity index (χ1n) is 12.1. The highest BCUT2D eigenvalue weighted by Crippen LogP contribution is 2.15. The summed E-state index contributed by atoms with van der Waals surface area (Å²) in [5, 5.41) is 37.7. The van der Waals surface area contributed by atoms with Gasteiger partial charge in [0.15, 0.2) is 0 Å². The first-order valence-corrected chi connectivity index (χ1v) is 12.1. The largest absolute Gasteiger partial charge is 0.480 e. The van der Waals surface area contributed by atoms with Crippen LogP contribution < -0.4 is 5.73 Å². The van der Waals surface area contributed by atoms with E-state index in [9.17, 15) is 39.6 Å². The van der Waals surface area contributed by atoms with Crippen molar-refractivity contribution in [3.8, 4) is 0 Å². The van der Waals surface area contributed by atoms with E-state index in [0.29, 0.717) is 18.5 Å². The van der Waals surface area contributed by atoms with E-state index in [1.165, 1.54) is 0 Å². The molecule has 1 saturated heterocycles. The third kappa shape index (κ3) is 12.0. The molecule has 1 aliphatic rings. The van der Waals surface area contributed by atoms with Gasteiger partial charge in [0.05, 0.1) is 26.2 Å².